The van der Waals surface area contributed by atoms with Gasteiger partial charge in [0, 0.05) is 28.8 Å². The Balaban J connectivity index is 1.65. The lowest BCUT2D eigenvalue weighted by atomic mass is 10.1. The first-order valence-corrected chi connectivity index (χ1v) is 8.23. The van der Waals surface area contributed by atoms with Crippen LogP contribution in [0.15, 0.2) is 34.9 Å². The maximum atomic E-state index is 5.59. The topological polar surface area (TPSA) is 25.2 Å². The van der Waals surface area contributed by atoms with E-state index in [1.165, 1.54) is 36.0 Å². The predicted octanol–water partition coefficient (Wildman–Crippen LogP) is 4.20. The van der Waals surface area contributed by atoms with Crippen LogP contribution in [0.3, 0.4) is 0 Å². The van der Waals surface area contributed by atoms with Crippen molar-refractivity contribution in [2.24, 2.45) is 0 Å². The van der Waals surface area contributed by atoms with E-state index in [1.807, 2.05) is 18.4 Å². The average molecular weight is 275 g/mol. The van der Waals surface area contributed by atoms with Gasteiger partial charge in [0.25, 0.3) is 0 Å². The van der Waals surface area contributed by atoms with Gasteiger partial charge in [0.2, 0.25) is 0 Å². The molecule has 3 heteroatoms. The molecule has 3 rings (SSSR count). The Labute approximate surface area is 118 Å². The summed E-state index contributed by atoms with van der Waals surface area (Å²) in [6.07, 6.45) is 5.94. The highest BCUT2D eigenvalue weighted by molar-refractivity contribution is 7.99. The van der Waals surface area contributed by atoms with E-state index in [0.29, 0.717) is 6.04 Å². The summed E-state index contributed by atoms with van der Waals surface area (Å²) < 4.78 is 5.59. The fourth-order valence-electron chi connectivity index (χ4n) is 2.98. The van der Waals surface area contributed by atoms with Gasteiger partial charge in [-0.2, -0.15) is 11.8 Å². The van der Waals surface area contributed by atoms with E-state index in [1.54, 1.807) is 0 Å². The summed E-state index contributed by atoms with van der Waals surface area (Å²) in [6, 6.07) is 8.94. The van der Waals surface area contributed by atoms with Crippen LogP contribution in [-0.4, -0.2) is 17.0 Å². The van der Waals surface area contributed by atoms with Crippen LogP contribution >= 0.6 is 11.8 Å². The Kier molecular flexibility index (Phi) is 4.14. The van der Waals surface area contributed by atoms with E-state index in [4.69, 9.17) is 4.42 Å². The molecule has 2 aromatic rings. The molecule has 1 aliphatic rings. The Morgan fingerprint density at radius 1 is 1.32 bits per heavy atom. The van der Waals surface area contributed by atoms with Gasteiger partial charge < -0.3 is 9.73 Å². The van der Waals surface area contributed by atoms with Crippen LogP contribution in [0.2, 0.25) is 0 Å². The van der Waals surface area contributed by atoms with E-state index in [-0.39, 0.29) is 0 Å². The van der Waals surface area contributed by atoms with Crippen LogP contribution < -0.4 is 5.32 Å². The first-order chi connectivity index (χ1) is 9.38. The summed E-state index contributed by atoms with van der Waals surface area (Å²) in [6.45, 7) is 3.17. The molecule has 1 heterocycles. The molecular weight excluding hydrogens is 254 g/mol. The monoisotopic (exact) mass is 275 g/mol. The summed E-state index contributed by atoms with van der Waals surface area (Å²) in [5.74, 6) is 1.22. The fraction of sp³-hybridized carbons (Fsp3) is 0.500. The van der Waals surface area contributed by atoms with Gasteiger partial charge in [-0.3, -0.25) is 0 Å². The Morgan fingerprint density at radius 3 is 3.11 bits per heavy atom. The highest BCUT2D eigenvalue weighted by atomic mass is 32.2. The summed E-state index contributed by atoms with van der Waals surface area (Å²) >= 11 is 2.10. The van der Waals surface area contributed by atoms with Crippen LogP contribution in [0.1, 0.15) is 31.7 Å². The van der Waals surface area contributed by atoms with Crippen molar-refractivity contribution < 1.29 is 4.42 Å². The minimum Gasteiger partial charge on any atom is -0.464 e. The number of nitrogens with one attached hydrogen (secondary N) is 1. The SMILES string of the molecule is CCSC1CCCC1NCc1coc2ccccc12. The van der Waals surface area contributed by atoms with Gasteiger partial charge in [0.15, 0.2) is 0 Å². The minimum atomic E-state index is 0.665. The zero-order valence-electron chi connectivity index (χ0n) is 11.4. The Morgan fingerprint density at radius 2 is 2.21 bits per heavy atom. The number of hydrogen-bond donors (Lipinski definition) is 1. The first kappa shape index (κ1) is 13.1. The van der Waals surface area contributed by atoms with Crippen molar-refractivity contribution in [2.45, 2.75) is 44.0 Å². The molecule has 1 N–H and O–H groups in total. The van der Waals surface area contributed by atoms with Crippen LogP contribution in [0.5, 0.6) is 0 Å². The highest BCUT2D eigenvalue weighted by Crippen LogP contribution is 2.30. The lowest BCUT2D eigenvalue weighted by Crippen LogP contribution is -2.33. The predicted molar refractivity (Wildman–Crippen MR) is 82.6 cm³/mol. The average Bonchev–Trinajstić information content (AvgIpc) is 3.04. The molecule has 2 atom stereocenters. The lowest BCUT2D eigenvalue weighted by Gasteiger charge is -2.19. The van der Waals surface area contributed by atoms with Crippen LogP contribution in [0.25, 0.3) is 11.0 Å². The molecule has 102 valence electrons. The van der Waals surface area contributed by atoms with Crippen LogP contribution in [-0.2, 0) is 6.54 Å². The zero-order valence-corrected chi connectivity index (χ0v) is 12.2. The second-order valence-corrected chi connectivity index (χ2v) is 6.69. The molecular formula is C16H21NOS. The Hall–Kier alpha value is -0.930. The zero-order chi connectivity index (χ0) is 13.1. The number of hydrogen-bond acceptors (Lipinski definition) is 3. The lowest BCUT2D eigenvalue weighted by molar-refractivity contribution is 0.527. The molecule has 0 radical (unpaired) electrons. The van der Waals surface area contributed by atoms with Gasteiger partial charge in [-0.25, -0.2) is 0 Å². The Bertz CT molecular complexity index is 536. The normalized spacial score (nSPS) is 23.2. The quantitative estimate of drug-likeness (QED) is 0.885. The molecule has 0 saturated heterocycles. The van der Waals surface area contributed by atoms with Crippen LogP contribution in [0, 0.1) is 0 Å². The van der Waals surface area contributed by atoms with E-state index >= 15 is 0 Å². The molecule has 0 amide bonds. The molecule has 1 aliphatic carbocycles. The second-order valence-electron chi connectivity index (χ2n) is 5.17. The molecule has 2 nitrogen and oxygen atoms in total. The number of furan rings is 1. The maximum absolute atomic E-state index is 5.59. The van der Waals surface area contributed by atoms with E-state index in [2.05, 4.69) is 36.1 Å². The van der Waals surface area contributed by atoms with Crippen molar-refractivity contribution in [2.75, 3.05) is 5.75 Å². The molecule has 2 unspecified atom stereocenters. The van der Waals surface area contributed by atoms with Crippen molar-refractivity contribution in [1.29, 1.82) is 0 Å². The minimum absolute atomic E-state index is 0.665. The van der Waals surface area contributed by atoms with Gasteiger partial charge >= 0.3 is 0 Å². The molecule has 0 aliphatic heterocycles. The molecule has 1 aromatic carbocycles. The third-order valence-corrected chi connectivity index (χ3v) is 5.27. The fourth-order valence-corrected chi connectivity index (χ4v) is 4.21. The molecule has 19 heavy (non-hydrogen) atoms. The summed E-state index contributed by atoms with van der Waals surface area (Å²) in [5.41, 5.74) is 2.27. The summed E-state index contributed by atoms with van der Waals surface area (Å²) in [4.78, 5) is 0. The van der Waals surface area contributed by atoms with Crippen molar-refractivity contribution in [3.05, 3.63) is 36.1 Å². The number of thioether (sulfide) groups is 1. The van der Waals surface area contributed by atoms with E-state index < -0.39 is 0 Å². The van der Waals surface area contributed by atoms with Gasteiger partial charge in [-0.05, 0) is 24.7 Å². The molecule has 0 bridgehead atoms. The highest BCUT2D eigenvalue weighted by Gasteiger charge is 2.26. The van der Waals surface area contributed by atoms with E-state index in [9.17, 15) is 0 Å². The second kappa shape index (κ2) is 6.02. The van der Waals surface area contributed by atoms with Crippen molar-refractivity contribution >= 4 is 22.7 Å². The smallest absolute Gasteiger partial charge is 0.134 e. The van der Waals surface area contributed by atoms with Gasteiger partial charge in [-0.1, -0.05) is 31.5 Å². The van der Waals surface area contributed by atoms with Crippen molar-refractivity contribution in [3.63, 3.8) is 0 Å². The summed E-state index contributed by atoms with van der Waals surface area (Å²) in [5, 5.41) is 5.77. The third kappa shape index (κ3) is 2.82. The van der Waals surface area contributed by atoms with Crippen molar-refractivity contribution in [3.8, 4) is 0 Å². The number of rotatable bonds is 5. The van der Waals surface area contributed by atoms with Gasteiger partial charge in [0.05, 0.1) is 6.26 Å². The maximum Gasteiger partial charge on any atom is 0.134 e. The standard InChI is InChI=1S/C16H21NOS/c1-2-19-16-9-5-7-14(16)17-10-12-11-18-15-8-4-3-6-13(12)15/h3-4,6,8,11,14,16-17H,2,5,7,9-10H2,1H3. The van der Waals surface area contributed by atoms with Crippen LogP contribution in [0.4, 0.5) is 0 Å². The molecule has 1 fully saturated rings. The summed E-state index contributed by atoms with van der Waals surface area (Å²) in [7, 11) is 0. The number of fused-ring (bicyclic) bond motifs is 1. The van der Waals surface area contributed by atoms with E-state index in [0.717, 1.165) is 17.4 Å². The number of benzene rings is 1. The molecule has 1 aromatic heterocycles. The largest absolute Gasteiger partial charge is 0.464 e. The van der Waals surface area contributed by atoms with Crippen molar-refractivity contribution in [1.82, 2.24) is 5.32 Å². The van der Waals surface area contributed by atoms with Gasteiger partial charge in [-0.15, -0.1) is 0 Å². The first-order valence-electron chi connectivity index (χ1n) is 7.18. The molecule has 0 spiro atoms. The third-order valence-electron chi connectivity index (χ3n) is 3.95. The van der Waals surface area contributed by atoms with Gasteiger partial charge in [0.1, 0.15) is 5.58 Å². The molecule has 1 saturated carbocycles. The number of para-hydroxylation sites is 1.